The van der Waals surface area contributed by atoms with Crippen LogP contribution in [0.2, 0.25) is 0 Å². The zero-order chi connectivity index (χ0) is 7.57. The molecule has 2 aliphatic rings. The van der Waals surface area contributed by atoms with Crippen molar-refractivity contribution in [3.05, 3.63) is 0 Å². The van der Waals surface area contributed by atoms with Gasteiger partial charge in [-0.15, -0.1) is 0 Å². The maximum Gasteiger partial charge on any atom is 0.104 e. The molecule has 0 aliphatic carbocycles. The van der Waals surface area contributed by atoms with Gasteiger partial charge in [0, 0.05) is 6.54 Å². The lowest BCUT2D eigenvalue weighted by molar-refractivity contribution is -0.163. The second kappa shape index (κ2) is 3.09. The van der Waals surface area contributed by atoms with Crippen LogP contribution in [0.1, 0.15) is 12.8 Å². The predicted molar refractivity (Wildman–Crippen MR) is 41.6 cm³/mol. The Labute approximate surface area is 67.1 Å². The SMILES string of the molecule is C1CNCC2(C1)COCCO2. The minimum absolute atomic E-state index is 0.0243. The predicted octanol–water partition coefficient (Wildman–Crippen LogP) is 0.155. The van der Waals surface area contributed by atoms with Gasteiger partial charge in [0.15, 0.2) is 0 Å². The average molecular weight is 157 g/mol. The molecule has 2 aliphatic heterocycles. The maximum atomic E-state index is 5.72. The normalized spacial score (nSPS) is 39.3. The van der Waals surface area contributed by atoms with Gasteiger partial charge in [0.2, 0.25) is 0 Å². The van der Waals surface area contributed by atoms with Crippen LogP contribution in [-0.2, 0) is 9.47 Å². The molecule has 2 saturated heterocycles. The summed E-state index contributed by atoms with van der Waals surface area (Å²) < 4.78 is 11.1. The van der Waals surface area contributed by atoms with Crippen molar-refractivity contribution in [2.24, 2.45) is 0 Å². The first-order valence-electron chi connectivity index (χ1n) is 4.34. The Bertz CT molecular complexity index is 107. The zero-order valence-corrected chi connectivity index (χ0v) is 6.77. The summed E-state index contributed by atoms with van der Waals surface area (Å²) in [7, 11) is 0. The summed E-state index contributed by atoms with van der Waals surface area (Å²) in [6.45, 7) is 4.40. The van der Waals surface area contributed by atoms with Gasteiger partial charge in [0.05, 0.1) is 19.8 Å². The van der Waals surface area contributed by atoms with Crippen molar-refractivity contribution in [1.29, 1.82) is 0 Å². The number of piperidine rings is 1. The van der Waals surface area contributed by atoms with E-state index in [2.05, 4.69) is 5.32 Å². The van der Waals surface area contributed by atoms with Crippen LogP contribution in [0.15, 0.2) is 0 Å². The highest BCUT2D eigenvalue weighted by molar-refractivity contribution is 4.88. The highest BCUT2D eigenvalue weighted by Gasteiger charge is 2.35. The lowest BCUT2D eigenvalue weighted by atomic mass is 9.94. The molecule has 1 atom stereocenters. The second-order valence-corrected chi connectivity index (χ2v) is 3.36. The van der Waals surface area contributed by atoms with E-state index in [0.29, 0.717) is 0 Å². The van der Waals surface area contributed by atoms with Crippen molar-refractivity contribution < 1.29 is 9.47 Å². The van der Waals surface area contributed by atoms with Crippen LogP contribution in [0.3, 0.4) is 0 Å². The number of hydrogen-bond donors (Lipinski definition) is 1. The van der Waals surface area contributed by atoms with Crippen LogP contribution in [-0.4, -0.2) is 38.5 Å². The summed E-state index contributed by atoms with van der Waals surface area (Å²) in [6.07, 6.45) is 2.36. The van der Waals surface area contributed by atoms with Crippen LogP contribution >= 0.6 is 0 Å². The summed E-state index contributed by atoms with van der Waals surface area (Å²) >= 11 is 0. The molecule has 0 radical (unpaired) electrons. The smallest absolute Gasteiger partial charge is 0.104 e. The Morgan fingerprint density at radius 3 is 2.91 bits per heavy atom. The van der Waals surface area contributed by atoms with Crippen LogP contribution in [0.4, 0.5) is 0 Å². The fourth-order valence-electron chi connectivity index (χ4n) is 1.80. The van der Waals surface area contributed by atoms with Crippen molar-refractivity contribution in [3.63, 3.8) is 0 Å². The van der Waals surface area contributed by atoms with Gasteiger partial charge in [-0.3, -0.25) is 0 Å². The van der Waals surface area contributed by atoms with Crippen LogP contribution in [0.25, 0.3) is 0 Å². The van der Waals surface area contributed by atoms with E-state index in [1.807, 2.05) is 0 Å². The topological polar surface area (TPSA) is 30.5 Å². The highest BCUT2D eigenvalue weighted by Crippen LogP contribution is 2.23. The molecule has 3 heteroatoms. The maximum absolute atomic E-state index is 5.72. The summed E-state index contributed by atoms with van der Waals surface area (Å²) in [5.74, 6) is 0. The standard InChI is InChI=1S/C8H15NO2/c1-2-8(6-9-3-1)7-10-4-5-11-8/h9H,1-7H2. The van der Waals surface area contributed by atoms with Gasteiger partial charge in [0.25, 0.3) is 0 Å². The molecule has 1 unspecified atom stereocenters. The van der Waals surface area contributed by atoms with E-state index in [-0.39, 0.29) is 5.60 Å². The first-order chi connectivity index (χ1) is 5.41. The average Bonchev–Trinajstić information content (AvgIpc) is 2.07. The van der Waals surface area contributed by atoms with Crippen LogP contribution in [0, 0.1) is 0 Å². The Morgan fingerprint density at radius 1 is 1.27 bits per heavy atom. The molecule has 2 heterocycles. The van der Waals surface area contributed by atoms with Gasteiger partial charge in [-0.05, 0) is 19.4 Å². The molecule has 0 aromatic carbocycles. The van der Waals surface area contributed by atoms with Crippen molar-refractivity contribution in [2.75, 3.05) is 32.9 Å². The first kappa shape index (κ1) is 7.53. The Balaban J connectivity index is 1.94. The second-order valence-electron chi connectivity index (χ2n) is 3.36. The van der Waals surface area contributed by atoms with Crippen LogP contribution < -0.4 is 5.32 Å². The minimum Gasteiger partial charge on any atom is -0.376 e. The molecule has 0 amide bonds. The van der Waals surface area contributed by atoms with Gasteiger partial charge in [0.1, 0.15) is 5.60 Å². The summed E-state index contributed by atoms with van der Waals surface area (Å²) in [4.78, 5) is 0. The molecule has 0 bridgehead atoms. The molecule has 3 nitrogen and oxygen atoms in total. The van der Waals surface area contributed by atoms with E-state index >= 15 is 0 Å². The molecule has 2 rings (SSSR count). The molecule has 1 spiro atoms. The molecule has 0 aromatic heterocycles. The highest BCUT2D eigenvalue weighted by atomic mass is 16.6. The quantitative estimate of drug-likeness (QED) is 0.543. The molecule has 2 fully saturated rings. The minimum atomic E-state index is 0.0243. The fraction of sp³-hybridized carbons (Fsp3) is 1.00. The Kier molecular flexibility index (Phi) is 2.11. The van der Waals surface area contributed by atoms with Crippen molar-refractivity contribution in [3.8, 4) is 0 Å². The van der Waals surface area contributed by atoms with Gasteiger partial charge >= 0.3 is 0 Å². The van der Waals surface area contributed by atoms with Gasteiger partial charge in [-0.25, -0.2) is 0 Å². The van der Waals surface area contributed by atoms with E-state index in [0.717, 1.165) is 39.3 Å². The summed E-state index contributed by atoms with van der Waals surface area (Å²) in [6, 6.07) is 0. The first-order valence-corrected chi connectivity index (χ1v) is 4.34. The van der Waals surface area contributed by atoms with E-state index in [9.17, 15) is 0 Å². The Morgan fingerprint density at radius 2 is 2.27 bits per heavy atom. The summed E-state index contributed by atoms with van der Waals surface area (Å²) in [5.41, 5.74) is 0.0243. The zero-order valence-electron chi connectivity index (χ0n) is 6.77. The van der Waals surface area contributed by atoms with Crippen molar-refractivity contribution in [1.82, 2.24) is 5.32 Å². The monoisotopic (exact) mass is 157 g/mol. The number of hydrogen-bond acceptors (Lipinski definition) is 3. The number of nitrogens with one attached hydrogen (secondary N) is 1. The van der Waals surface area contributed by atoms with E-state index in [1.54, 1.807) is 0 Å². The third-order valence-electron chi connectivity index (χ3n) is 2.43. The van der Waals surface area contributed by atoms with Gasteiger partial charge in [-0.2, -0.15) is 0 Å². The largest absolute Gasteiger partial charge is 0.376 e. The van der Waals surface area contributed by atoms with Gasteiger partial charge < -0.3 is 14.8 Å². The summed E-state index contributed by atoms with van der Waals surface area (Å²) in [5, 5.41) is 3.34. The van der Waals surface area contributed by atoms with Crippen molar-refractivity contribution in [2.45, 2.75) is 18.4 Å². The van der Waals surface area contributed by atoms with E-state index < -0.39 is 0 Å². The molecule has 1 N–H and O–H groups in total. The molecule has 11 heavy (non-hydrogen) atoms. The van der Waals surface area contributed by atoms with E-state index in [4.69, 9.17) is 9.47 Å². The number of ether oxygens (including phenoxy) is 2. The molecule has 0 saturated carbocycles. The van der Waals surface area contributed by atoms with E-state index in [1.165, 1.54) is 6.42 Å². The lowest BCUT2D eigenvalue weighted by Gasteiger charge is -2.40. The molecular formula is C8H15NO2. The third kappa shape index (κ3) is 1.55. The molecular weight excluding hydrogens is 142 g/mol. The molecule has 64 valence electrons. The van der Waals surface area contributed by atoms with Crippen LogP contribution in [0.5, 0.6) is 0 Å². The Hall–Kier alpha value is -0.120. The van der Waals surface area contributed by atoms with Gasteiger partial charge in [-0.1, -0.05) is 0 Å². The third-order valence-corrected chi connectivity index (χ3v) is 2.43. The fourth-order valence-corrected chi connectivity index (χ4v) is 1.80. The van der Waals surface area contributed by atoms with Crippen molar-refractivity contribution >= 4 is 0 Å². The lowest BCUT2D eigenvalue weighted by Crippen LogP contribution is -2.53. The molecule has 0 aromatic rings. The number of rotatable bonds is 0.